The molecule has 1 fully saturated rings. The first kappa shape index (κ1) is 13.1. The monoisotopic (exact) mass is 251 g/mol. The summed E-state index contributed by atoms with van der Waals surface area (Å²) in [7, 11) is 0. The van der Waals surface area contributed by atoms with Crippen molar-refractivity contribution in [1.29, 1.82) is 0 Å². The van der Waals surface area contributed by atoms with Crippen molar-refractivity contribution in [2.75, 3.05) is 0 Å². The first-order valence-electron chi connectivity index (χ1n) is 7.01. The number of aryl methyl sites for hydroxylation is 1. The number of rotatable bonds is 4. The van der Waals surface area contributed by atoms with Gasteiger partial charge in [0.1, 0.15) is 0 Å². The van der Waals surface area contributed by atoms with E-state index in [4.69, 9.17) is 5.73 Å². The maximum atomic E-state index is 6.57. The summed E-state index contributed by atoms with van der Waals surface area (Å²) >= 11 is 1.95. The van der Waals surface area contributed by atoms with Crippen LogP contribution >= 0.6 is 11.3 Å². The van der Waals surface area contributed by atoms with Crippen molar-refractivity contribution in [3.8, 4) is 0 Å². The number of hydrogen-bond acceptors (Lipinski definition) is 2. The molecule has 2 N–H and O–H groups in total. The Kier molecular flexibility index (Phi) is 4.26. The molecule has 0 radical (unpaired) electrons. The third-order valence-electron chi connectivity index (χ3n) is 4.27. The molecule has 1 saturated carbocycles. The number of thiophene rings is 1. The zero-order valence-electron chi connectivity index (χ0n) is 11.2. The molecule has 1 aliphatic rings. The summed E-state index contributed by atoms with van der Waals surface area (Å²) < 4.78 is 0. The molecule has 96 valence electrons. The van der Waals surface area contributed by atoms with Gasteiger partial charge in [-0.2, -0.15) is 0 Å². The summed E-state index contributed by atoms with van der Waals surface area (Å²) in [6.07, 6.45) is 8.66. The van der Waals surface area contributed by atoms with E-state index < -0.39 is 0 Å². The second kappa shape index (κ2) is 5.53. The van der Waals surface area contributed by atoms with Gasteiger partial charge in [0.2, 0.25) is 0 Å². The van der Waals surface area contributed by atoms with Crippen LogP contribution in [0.2, 0.25) is 0 Å². The predicted molar refractivity (Wildman–Crippen MR) is 76.6 cm³/mol. The van der Waals surface area contributed by atoms with Crippen molar-refractivity contribution in [1.82, 2.24) is 0 Å². The molecule has 0 unspecified atom stereocenters. The average Bonchev–Trinajstić information content (AvgIpc) is 2.77. The second-order valence-electron chi connectivity index (χ2n) is 5.61. The second-order valence-corrected chi connectivity index (χ2v) is 6.87. The van der Waals surface area contributed by atoms with E-state index in [1.165, 1.54) is 41.9 Å². The summed E-state index contributed by atoms with van der Waals surface area (Å²) in [5, 5.41) is 0. The van der Waals surface area contributed by atoms with Crippen molar-refractivity contribution >= 4 is 11.3 Å². The fourth-order valence-electron chi connectivity index (χ4n) is 2.89. The smallest absolute Gasteiger partial charge is 0.0203 e. The lowest BCUT2D eigenvalue weighted by Gasteiger charge is -2.36. The minimum absolute atomic E-state index is 0.0849. The zero-order chi connectivity index (χ0) is 12.3. The molecule has 1 aromatic rings. The van der Waals surface area contributed by atoms with Gasteiger partial charge in [0.25, 0.3) is 0 Å². The van der Waals surface area contributed by atoms with E-state index in [0.717, 1.165) is 18.8 Å². The minimum atomic E-state index is 0.0849. The highest BCUT2D eigenvalue weighted by Crippen LogP contribution is 2.35. The highest BCUT2D eigenvalue weighted by Gasteiger charge is 2.31. The van der Waals surface area contributed by atoms with Crippen molar-refractivity contribution in [3.63, 3.8) is 0 Å². The number of hydrogen-bond donors (Lipinski definition) is 1. The molecule has 0 bridgehead atoms. The van der Waals surface area contributed by atoms with E-state index in [9.17, 15) is 0 Å². The predicted octanol–water partition coefficient (Wildman–Crippen LogP) is 4.15. The Morgan fingerprint density at radius 2 is 1.88 bits per heavy atom. The fourth-order valence-corrected chi connectivity index (χ4v) is 4.00. The SMILES string of the molecule is CCc1ccc(CC2(N)CCC(CC)CC2)s1. The van der Waals surface area contributed by atoms with Gasteiger partial charge in [0.05, 0.1) is 0 Å². The highest BCUT2D eigenvalue weighted by atomic mass is 32.1. The summed E-state index contributed by atoms with van der Waals surface area (Å²) in [5.41, 5.74) is 6.65. The van der Waals surface area contributed by atoms with Crippen LogP contribution in [0.25, 0.3) is 0 Å². The summed E-state index contributed by atoms with van der Waals surface area (Å²) in [6, 6.07) is 4.55. The lowest BCUT2D eigenvalue weighted by Crippen LogP contribution is -2.45. The molecule has 0 amide bonds. The molecule has 1 aromatic heterocycles. The first-order chi connectivity index (χ1) is 8.15. The molecule has 2 heteroatoms. The van der Waals surface area contributed by atoms with E-state index in [0.29, 0.717) is 0 Å². The van der Waals surface area contributed by atoms with Crippen LogP contribution < -0.4 is 5.73 Å². The van der Waals surface area contributed by atoms with Crippen LogP contribution in [-0.4, -0.2) is 5.54 Å². The normalized spacial score (nSPS) is 29.5. The third kappa shape index (κ3) is 3.32. The van der Waals surface area contributed by atoms with Crippen LogP contribution in [0.15, 0.2) is 12.1 Å². The standard InChI is InChI=1S/C15H25NS/c1-3-12-7-9-15(16,10-8-12)11-14-6-5-13(4-2)17-14/h5-6,12H,3-4,7-11,16H2,1-2H3. The van der Waals surface area contributed by atoms with Gasteiger partial charge >= 0.3 is 0 Å². The van der Waals surface area contributed by atoms with Gasteiger partial charge in [-0.3, -0.25) is 0 Å². The Morgan fingerprint density at radius 1 is 1.24 bits per heavy atom. The van der Waals surface area contributed by atoms with E-state index >= 15 is 0 Å². The molecule has 17 heavy (non-hydrogen) atoms. The molecule has 0 atom stereocenters. The summed E-state index contributed by atoms with van der Waals surface area (Å²) in [4.78, 5) is 2.98. The average molecular weight is 251 g/mol. The Balaban J connectivity index is 1.94. The Labute approximate surface area is 109 Å². The summed E-state index contributed by atoms with van der Waals surface area (Å²) in [5.74, 6) is 0.932. The Hall–Kier alpha value is -0.340. The largest absolute Gasteiger partial charge is 0.325 e. The molecular formula is C15H25NS. The topological polar surface area (TPSA) is 26.0 Å². The molecule has 0 aliphatic heterocycles. The van der Waals surface area contributed by atoms with Gasteiger partial charge in [-0.15, -0.1) is 11.3 Å². The van der Waals surface area contributed by atoms with E-state index in [1.807, 2.05) is 11.3 Å². The van der Waals surface area contributed by atoms with E-state index in [2.05, 4.69) is 26.0 Å². The van der Waals surface area contributed by atoms with Crippen molar-refractivity contribution in [3.05, 3.63) is 21.9 Å². The number of nitrogens with two attached hydrogens (primary N) is 1. The highest BCUT2D eigenvalue weighted by molar-refractivity contribution is 7.12. The van der Waals surface area contributed by atoms with Gasteiger partial charge in [-0.05, 0) is 56.6 Å². The maximum Gasteiger partial charge on any atom is 0.0203 e. The van der Waals surface area contributed by atoms with Crippen LogP contribution in [0, 0.1) is 5.92 Å². The first-order valence-corrected chi connectivity index (χ1v) is 7.83. The molecule has 0 aromatic carbocycles. The van der Waals surface area contributed by atoms with E-state index in [-0.39, 0.29) is 5.54 Å². The third-order valence-corrected chi connectivity index (χ3v) is 5.50. The van der Waals surface area contributed by atoms with Gasteiger partial charge in [-0.25, -0.2) is 0 Å². The lowest BCUT2D eigenvalue weighted by molar-refractivity contribution is 0.229. The van der Waals surface area contributed by atoms with Crippen molar-refractivity contribution in [2.24, 2.45) is 11.7 Å². The quantitative estimate of drug-likeness (QED) is 0.854. The maximum absolute atomic E-state index is 6.57. The molecule has 2 rings (SSSR count). The van der Waals surface area contributed by atoms with Gasteiger partial charge in [-0.1, -0.05) is 20.3 Å². The molecule has 0 saturated heterocycles. The van der Waals surface area contributed by atoms with Crippen LogP contribution in [-0.2, 0) is 12.8 Å². The molecule has 0 spiro atoms. The van der Waals surface area contributed by atoms with Crippen LogP contribution in [0.4, 0.5) is 0 Å². The molecule has 1 nitrogen and oxygen atoms in total. The molecule has 1 heterocycles. The Bertz CT molecular complexity index is 348. The van der Waals surface area contributed by atoms with Crippen molar-refractivity contribution in [2.45, 2.75) is 64.3 Å². The Morgan fingerprint density at radius 3 is 2.41 bits per heavy atom. The van der Waals surface area contributed by atoms with Crippen LogP contribution in [0.1, 0.15) is 55.7 Å². The van der Waals surface area contributed by atoms with Gasteiger partial charge in [0, 0.05) is 15.3 Å². The fraction of sp³-hybridized carbons (Fsp3) is 0.733. The lowest BCUT2D eigenvalue weighted by atomic mass is 9.74. The van der Waals surface area contributed by atoms with Crippen LogP contribution in [0.3, 0.4) is 0 Å². The molecule has 1 aliphatic carbocycles. The summed E-state index contributed by atoms with van der Waals surface area (Å²) in [6.45, 7) is 4.53. The van der Waals surface area contributed by atoms with Crippen molar-refractivity contribution < 1.29 is 0 Å². The van der Waals surface area contributed by atoms with Gasteiger partial charge < -0.3 is 5.73 Å². The molecular weight excluding hydrogens is 226 g/mol. The van der Waals surface area contributed by atoms with E-state index in [1.54, 1.807) is 0 Å². The van der Waals surface area contributed by atoms with Gasteiger partial charge in [0.15, 0.2) is 0 Å². The van der Waals surface area contributed by atoms with Crippen LogP contribution in [0.5, 0.6) is 0 Å². The zero-order valence-corrected chi connectivity index (χ0v) is 12.0. The minimum Gasteiger partial charge on any atom is -0.325 e.